The Morgan fingerprint density at radius 1 is 1.47 bits per heavy atom. The van der Waals surface area contributed by atoms with Gasteiger partial charge in [0.05, 0.1) is 5.69 Å². The summed E-state index contributed by atoms with van der Waals surface area (Å²) in [6, 6.07) is 5.82. The average molecular weight is 308 g/mol. The highest BCUT2D eigenvalue weighted by Crippen LogP contribution is 2.25. The Labute approximate surface area is 109 Å². The van der Waals surface area contributed by atoms with E-state index in [0.717, 1.165) is 10.2 Å². The summed E-state index contributed by atoms with van der Waals surface area (Å²) in [4.78, 5) is 0. The van der Waals surface area contributed by atoms with Crippen molar-refractivity contribution < 1.29 is 0 Å². The third-order valence-corrected chi connectivity index (χ3v) is 2.71. The van der Waals surface area contributed by atoms with Crippen LogP contribution in [-0.4, -0.2) is 11.2 Å². The highest BCUT2D eigenvalue weighted by molar-refractivity contribution is 9.10. The number of halogens is 2. The first-order valence-electron chi connectivity index (χ1n) is 4.51. The predicted octanol–water partition coefficient (Wildman–Crippen LogP) is 3.80. The van der Waals surface area contributed by atoms with Gasteiger partial charge in [-0.05, 0) is 60.2 Å². The number of hydrogen-bond acceptors (Lipinski definition) is 1. The van der Waals surface area contributed by atoms with Crippen molar-refractivity contribution in [1.82, 2.24) is 5.32 Å². The molecule has 2 N–H and O–H groups in total. The van der Waals surface area contributed by atoms with Gasteiger partial charge in [0, 0.05) is 15.5 Å². The van der Waals surface area contributed by atoms with Gasteiger partial charge in [0.2, 0.25) is 0 Å². The Morgan fingerprint density at radius 2 is 2.13 bits per heavy atom. The maximum Gasteiger partial charge on any atom is 0.171 e. The van der Waals surface area contributed by atoms with Gasteiger partial charge in [-0.1, -0.05) is 11.6 Å². The summed E-state index contributed by atoms with van der Waals surface area (Å²) < 4.78 is 0.892. The lowest BCUT2D eigenvalue weighted by molar-refractivity contribution is 0.739. The van der Waals surface area contributed by atoms with Crippen molar-refractivity contribution in [2.75, 3.05) is 5.32 Å². The zero-order chi connectivity index (χ0) is 11.4. The Bertz CT molecular complexity index is 368. The molecule has 0 aliphatic carbocycles. The molecule has 0 fully saturated rings. The predicted molar refractivity (Wildman–Crippen MR) is 73.6 cm³/mol. The summed E-state index contributed by atoms with van der Waals surface area (Å²) in [5, 5.41) is 7.48. The third-order valence-electron chi connectivity index (χ3n) is 1.60. The molecule has 5 heteroatoms. The van der Waals surface area contributed by atoms with Crippen molar-refractivity contribution >= 4 is 50.5 Å². The Hall–Kier alpha value is -0.320. The lowest BCUT2D eigenvalue weighted by Crippen LogP contribution is -2.33. The normalized spacial score (nSPS) is 10.2. The molecule has 0 unspecified atom stereocenters. The molecule has 2 nitrogen and oxygen atoms in total. The van der Waals surface area contributed by atoms with Crippen LogP contribution in [0.25, 0.3) is 0 Å². The van der Waals surface area contributed by atoms with E-state index in [1.54, 1.807) is 0 Å². The summed E-state index contributed by atoms with van der Waals surface area (Å²) in [6.45, 7) is 4.07. The monoisotopic (exact) mass is 306 g/mol. The fourth-order valence-corrected chi connectivity index (χ4v) is 2.14. The van der Waals surface area contributed by atoms with E-state index in [2.05, 4.69) is 26.6 Å². The minimum Gasteiger partial charge on any atom is -0.360 e. The maximum atomic E-state index is 5.83. The second-order valence-electron chi connectivity index (χ2n) is 3.38. The molecule has 0 aliphatic heterocycles. The SMILES string of the molecule is CC(C)NC(=S)Nc1ccc(Cl)cc1Br. The summed E-state index contributed by atoms with van der Waals surface area (Å²) in [6.07, 6.45) is 0. The van der Waals surface area contributed by atoms with E-state index in [9.17, 15) is 0 Å². The molecule has 0 saturated heterocycles. The van der Waals surface area contributed by atoms with Crippen LogP contribution in [-0.2, 0) is 0 Å². The van der Waals surface area contributed by atoms with Crippen LogP contribution in [0.15, 0.2) is 22.7 Å². The van der Waals surface area contributed by atoms with Crippen LogP contribution >= 0.6 is 39.7 Å². The second kappa shape index (κ2) is 5.68. The standard InChI is InChI=1S/C10H12BrClN2S/c1-6(2)13-10(15)14-9-4-3-7(12)5-8(9)11/h3-6H,1-2H3,(H2,13,14,15). The first-order chi connectivity index (χ1) is 6.99. The lowest BCUT2D eigenvalue weighted by atomic mass is 10.3. The molecule has 0 radical (unpaired) electrons. The molecule has 1 aromatic carbocycles. The van der Waals surface area contributed by atoms with Crippen molar-refractivity contribution in [3.05, 3.63) is 27.7 Å². The van der Waals surface area contributed by atoms with Crippen LogP contribution in [0.3, 0.4) is 0 Å². The zero-order valence-corrected chi connectivity index (χ0v) is 11.6. The molecule has 0 aliphatic rings. The molecular formula is C10H12BrClN2S. The van der Waals surface area contributed by atoms with Crippen LogP contribution in [0.2, 0.25) is 5.02 Å². The molecule has 0 spiro atoms. The molecule has 0 aromatic heterocycles. The lowest BCUT2D eigenvalue weighted by Gasteiger charge is -2.14. The Balaban J connectivity index is 2.68. The summed E-state index contributed by atoms with van der Waals surface area (Å²) in [5.74, 6) is 0. The van der Waals surface area contributed by atoms with Crippen LogP contribution in [0, 0.1) is 0 Å². The molecule has 15 heavy (non-hydrogen) atoms. The Kier molecular flexibility index (Phi) is 4.83. The molecule has 0 amide bonds. The number of rotatable bonds is 2. The van der Waals surface area contributed by atoms with Crippen molar-refractivity contribution in [3.8, 4) is 0 Å². The van der Waals surface area contributed by atoms with Crippen LogP contribution in [0.4, 0.5) is 5.69 Å². The van der Waals surface area contributed by atoms with Gasteiger partial charge >= 0.3 is 0 Å². The van der Waals surface area contributed by atoms with E-state index in [-0.39, 0.29) is 0 Å². The number of hydrogen-bond donors (Lipinski definition) is 2. The van der Waals surface area contributed by atoms with E-state index < -0.39 is 0 Å². The van der Waals surface area contributed by atoms with Crippen molar-refractivity contribution in [2.24, 2.45) is 0 Å². The quantitative estimate of drug-likeness (QED) is 0.813. The number of anilines is 1. The topological polar surface area (TPSA) is 24.1 Å². The largest absolute Gasteiger partial charge is 0.360 e. The minimum absolute atomic E-state index is 0.316. The van der Waals surface area contributed by atoms with E-state index in [1.807, 2.05) is 32.0 Å². The molecule has 0 heterocycles. The van der Waals surface area contributed by atoms with Gasteiger partial charge < -0.3 is 10.6 Å². The minimum atomic E-state index is 0.316. The molecule has 82 valence electrons. The average Bonchev–Trinajstić information content (AvgIpc) is 2.08. The molecule has 0 atom stereocenters. The van der Waals surface area contributed by atoms with Gasteiger partial charge in [-0.15, -0.1) is 0 Å². The van der Waals surface area contributed by atoms with Gasteiger partial charge in [-0.3, -0.25) is 0 Å². The fourth-order valence-electron chi connectivity index (χ4n) is 1.01. The van der Waals surface area contributed by atoms with Crippen LogP contribution in [0.5, 0.6) is 0 Å². The van der Waals surface area contributed by atoms with Gasteiger partial charge in [0.1, 0.15) is 0 Å². The van der Waals surface area contributed by atoms with Crippen LogP contribution < -0.4 is 10.6 Å². The third kappa shape index (κ3) is 4.36. The summed E-state index contributed by atoms with van der Waals surface area (Å²) >= 11 is 14.4. The highest BCUT2D eigenvalue weighted by atomic mass is 79.9. The fraction of sp³-hybridized carbons (Fsp3) is 0.300. The molecule has 0 saturated carbocycles. The summed E-state index contributed by atoms with van der Waals surface area (Å²) in [5.41, 5.74) is 0.901. The first kappa shape index (κ1) is 12.7. The molecule has 0 bridgehead atoms. The smallest absolute Gasteiger partial charge is 0.171 e. The number of thiocarbonyl (C=S) groups is 1. The number of nitrogens with one attached hydrogen (secondary N) is 2. The van der Waals surface area contributed by atoms with Crippen LogP contribution in [0.1, 0.15) is 13.8 Å². The van der Waals surface area contributed by atoms with Gasteiger partial charge in [0.25, 0.3) is 0 Å². The highest BCUT2D eigenvalue weighted by Gasteiger charge is 2.03. The van der Waals surface area contributed by atoms with Gasteiger partial charge in [-0.2, -0.15) is 0 Å². The molecule has 1 rings (SSSR count). The zero-order valence-electron chi connectivity index (χ0n) is 8.47. The van der Waals surface area contributed by atoms with E-state index >= 15 is 0 Å². The summed E-state index contributed by atoms with van der Waals surface area (Å²) in [7, 11) is 0. The Morgan fingerprint density at radius 3 is 2.67 bits per heavy atom. The number of benzene rings is 1. The maximum absolute atomic E-state index is 5.83. The van der Waals surface area contributed by atoms with Gasteiger partial charge in [-0.25, -0.2) is 0 Å². The molecular weight excluding hydrogens is 296 g/mol. The van der Waals surface area contributed by atoms with E-state index in [0.29, 0.717) is 16.2 Å². The van der Waals surface area contributed by atoms with Gasteiger partial charge in [0.15, 0.2) is 5.11 Å². The van der Waals surface area contributed by atoms with Crippen molar-refractivity contribution in [2.45, 2.75) is 19.9 Å². The van der Waals surface area contributed by atoms with E-state index in [4.69, 9.17) is 23.8 Å². The van der Waals surface area contributed by atoms with Crippen molar-refractivity contribution in [3.63, 3.8) is 0 Å². The second-order valence-corrected chi connectivity index (χ2v) is 5.08. The van der Waals surface area contributed by atoms with Crippen molar-refractivity contribution in [1.29, 1.82) is 0 Å². The molecule has 1 aromatic rings. The van der Waals surface area contributed by atoms with E-state index in [1.165, 1.54) is 0 Å². The first-order valence-corrected chi connectivity index (χ1v) is 6.09.